The van der Waals surface area contributed by atoms with Gasteiger partial charge in [-0.3, -0.25) is 14.3 Å². The van der Waals surface area contributed by atoms with Gasteiger partial charge in [0.15, 0.2) is 0 Å². The molecule has 0 radical (unpaired) electrons. The summed E-state index contributed by atoms with van der Waals surface area (Å²) in [5, 5.41) is 7.37. The molecule has 4 heterocycles. The summed E-state index contributed by atoms with van der Waals surface area (Å²) < 4.78 is 29.5. The molecule has 0 spiro atoms. The first-order chi connectivity index (χ1) is 15.6. The molecule has 4 aromatic rings. The summed E-state index contributed by atoms with van der Waals surface area (Å²) in [6, 6.07) is 4.99. The summed E-state index contributed by atoms with van der Waals surface area (Å²) in [7, 11) is 0. The smallest absolute Gasteiger partial charge is 0.280 e. The minimum Gasteiger partial charge on any atom is -0.365 e. The van der Waals surface area contributed by atoms with Gasteiger partial charge in [0, 0.05) is 26.9 Å². The quantitative estimate of drug-likeness (QED) is 0.310. The lowest BCUT2D eigenvalue weighted by molar-refractivity contribution is -0.119. The summed E-state index contributed by atoms with van der Waals surface area (Å²) in [5.74, 6) is -1.65. The Kier molecular flexibility index (Phi) is 6.59. The van der Waals surface area contributed by atoms with E-state index in [0.29, 0.717) is 17.5 Å². The molecule has 0 bridgehead atoms. The predicted molar refractivity (Wildman–Crippen MR) is 129 cm³/mol. The number of primary amides is 1. The molecule has 0 aliphatic carbocycles. The van der Waals surface area contributed by atoms with Crippen molar-refractivity contribution in [3.8, 4) is 10.4 Å². The van der Waals surface area contributed by atoms with Gasteiger partial charge in [-0.15, -0.1) is 22.7 Å². The second-order valence-corrected chi connectivity index (χ2v) is 10.6. The van der Waals surface area contributed by atoms with Gasteiger partial charge in [0.25, 0.3) is 12.3 Å². The fourth-order valence-electron chi connectivity index (χ4n) is 3.34. The van der Waals surface area contributed by atoms with Crippen LogP contribution in [-0.2, 0) is 11.3 Å². The maximum absolute atomic E-state index is 13.6. The van der Waals surface area contributed by atoms with Crippen LogP contribution >= 0.6 is 38.6 Å². The van der Waals surface area contributed by atoms with Gasteiger partial charge in [0.2, 0.25) is 5.91 Å². The van der Waals surface area contributed by atoms with Crippen LogP contribution in [0.4, 0.5) is 14.5 Å². The van der Waals surface area contributed by atoms with Crippen molar-refractivity contribution in [1.82, 2.24) is 14.8 Å². The zero-order valence-electron chi connectivity index (χ0n) is 17.4. The van der Waals surface area contributed by atoms with E-state index in [2.05, 4.69) is 31.3 Å². The largest absolute Gasteiger partial charge is 0.365 e. The van der Waals surface area contributed by atoms with Gasteiger partial charge in [0.1, 0.15) is 15.4 Å². The Hall–Kier alpha value is -2.70. The van der Waals surface area contributed by atoms with Crippen LogP contribution in [-0.4, -0.2) is 26.6 Å². The van der Waals surface area contributed by atoms with Crippen LogP contribution in [0.1, 0.15) is 33.6 Å². The number of nitrogens with one attached hydrogen (secondary N) is 1. The number of thiophene rings is 2. The van der Waals surface area contributed by atoms with Gasteiger partial charge in [-0.05, 0) is 41.1 Å². The first-order valence-corrected chi connectivity index (χ1v) is 12.2. The van der Waals surface area contributed by atoms with E-state index in [9.17, 15) is 18.4 Å². The Balaban J connectivity index is 1.81. The van der Waals surface area contributed by atoms with Crippen molar-refractivity contribution in [3.05, 3.63) is 50.5 Å². The number of hydrogen-bond acceptors (Lipinski definition) is 6. The number of fused-ring (bicyclic) bond motifs is 1. The summed E-state index contributed by atoms with van der Waals surface area (Å²) in [5.41, 5.74) is 5.83. The van der Waals surface area contributed by atoms with Crippen LogP contribution in [0.15, 0.2) is 35.1 Å². The van der Waals surface area contributed by atoms with E-state index in [1.54, 1.807) is 24.0 Å². The number of halogens is 3. The summed E-state index contributed by atoms with van der Waals surface area (Å²) in [6.07, 6.45) is 0.565. The van der Waals surface area contributed by atoms with Gasteiger partial charge < -0.3 is 11.1 Å². The number of amides is 2. The Morgan fingerprint density at radius 2 is 2.06 bits per heavy atom. The van der Waals surface area contributed by atoms with Crippen molar-refractivity contribution in [3.63, 3.8) is 0 Å². The van der Waals surface area contributed by atoms with Crippen molar-refractivity contribution in [2.45, 2.75) is 26.8 Å². The van der Waals surface area contributed by atoms with Crippen molar-refractivity contribution < 1.29 is 18.4 Å². The van der Waals surface area contributed by atoms with E-state index in [0.717, 1.165) is 25.6 Å². The monoisotopic (exact) mass is 553 g/mol. The molecular weight excluding hydrogens is 536 g/mol. The predicted octanol–water partition coefficient (Wildman–Crippen LogP) is 5.60. The number of anilines is 1. The fraction of sp³-hybridized carbons (Fsp3) is 0.238. The van der Waals surface area contributed by atoms with E-state index >= 15 is 0 Å². The standard InChI is InChI=1S/C21H18BrF2N5O2S2/c1-9(7-29-8-11(22)6-26-29)20(31)28-16-15-12(14-4-3-10(2)32-14)5-13(18(23)24)27-21(15)33-17(16)19(25)30/h3-6,8-9,18H,7H2,1-2H3,(H2,25,30)(H,28,31). The third-order valence-corrected chi connectivity index (χ3v) is 7.44. The lowest BCUT2D eigenvalue weighted by Gasteiger charge is -2.14. The highest BCUT2D eigenvalue weighted by molar-refractivity contribution is 9.10. The van der Waals surface area contributed by atoms with Crippen molar-refractivity contribution in [2.24, 2.45) is 11.7 Å². The molecule has 0 aliphatic heterocycles. The molecule has 1 atom stereocenters. The molecule has 4 aromatic heterocycles. The maximum atomic E-state index is 13.6. The second-order valence-electron chi connectivity index (χ2n) is 7.43. The summed E-state index contributed by atoms with van der Waals surface area (Å²) in [4.78, 5) is 31.2. The lowest BCUT2D eigenvalue weighted by Crippen LogP contribution is -2.25. The van der Waals surface area contributed by atoms with Gasteiger partial charge in [-0.2, -0.15) is 5.10 Å². The zero-order valence-corrected chi connectivity index (χ0v) is 20.7. The Morgan fingerprint density at radius 3 is 2.64 bits per heavy atom. The molecule has 33 heavy (non-hydrogen) atoms. The molecule has 0 aliphatic rings. The molecule has 4 rings (SSSR count). The third kappa shape index (κ3) is 4.82. The molecule has 0 fully saturated rings. The van der Waals surface area contributed by atoms with E-state index in [1.165, 1.54) is 17.4 Å². The van der Waals surface area contributed by atoms with E-state index in [-0.39, 0.29) is 21.3 Å². The zero-order chi connectivity index (χ0) is 23.9. The average molecular weight is 554 g/mol. The number of aryl methyl sites for hydroxylation is 1. The molecule has 7 nitrogen and oxygen atoms in total. The van der Waals surface area contributed by atoms with Gasteiger partial charge in [-0.25, -0.2) is 13.8 Å². The number of rotatable bonds is 7. The van der Waals surface area contributed by atoms with Crippen LogP contribution in [0.3, 0.4) is 0 Å². The number of carbonyl (C=O) groups excluding carboxylic acids is 2. The van der Waals surface area contributed by atoms with Gasteiger partial charge >= 0.3 is 0 Å². The molecule has 2 amide bonds. The van der Waals surface area contributed by atoms with Crippen LogP contribution in [0, 0.1) is 12.8 Å². The van der Waals surface area contributed by atoms with E-state index in [1.807, 2.05) is 19.1 Å². The number of pyridine rings is 1. The minimum absolute atomic E-state index is 0.0563. The molecule has 3 N–H and O–H groups in total. The van der Waals surface area contributed by atoms with Crippen LogP contribution in [0.2, 0.25) is 0 Å². The highest BCUT2D eigenvalue weighted by Gasteiger charge is 2.26. The van der Waals surface area contributed by atoms with E-state index in [4.69, 9.17) is 5.73 Å². The number of nitrogens with two attached hydrogens (primary N) is 1. The Morgan fingerprint density at radius 1 is 1.30 bits per heavy atom. The minimum atomic E-state index is -2.79. The van der Waals surface area contributed by atoms with E-state index < -0.39 is 23.9 Å². The van der Waals surface area contributed by atoms with Crippen molar-refractivity contribution in [2.75, 3.05) is 5.32 Å². The lowest BCUT2D eigenvalue weighted by atomic mass is 10.1. The maximum Gasteiger partial charge on any atom is 0.280 e. The molecule has 1 unspecified atom stereocenters. The second kappa shape index (κ2) is 9.27. The molecular formula is C21H18BrF2N5O2S2. The molecule has 0 saturated heterocycles. The summed E-state index contributed by atoms with van der Waals surface area (Å²) in [6.45, 7) is 3.93. The van der Waals surface area contributed by atoms with Crippen LogP contribution in [0.5, 0.6) is 0 Å². The topological polar surface area (TPSA) is 103 Å². The average Bonchev–Trinajstić information content (AvgIpc) is 3.46. The van der Waals surface area contributed by atoms with Gasteiger partial charge in [0.05, 0.1) is 28.8 Å². The molecule has 172 valence electrons. The SMILES string of the molecule is Cc1ccc(-c2cc(C(F)F)nc3sc(C(N)=O)c(NC(=O)C(C)Cn4cc(Br)cn4)c23)s1. The number of carbonyl (C=O) groups is 2. The highest BCUT2D eigenvalue weighted by atomic mass is 79.9. The van der Waals surface area contributed by atoms with Gasteiger partial charge in [-0.1, -0.05) is 6.92 Å². The first kappa shape index (κ1) is 23.5. The molecule has 0 saturated carbocycles. The summed E-state index contributed by atoms with van der Waals surface area (Å²) >= 11 is 5.62. The fourth-order valence-corrected chi connectivity index (χ4v) is 5.58. The Bertz CT molecular complexity index is 1360. The van der Waals surface area contributed by atoms with Crippen LogP contribution in [0.25, 0.3) is 20.7 Å². The normalized spacial score (nSPS) is 12.4. The number of nitrogens with zero attached hydrogens (tertiary/aromatic N) is 3. The first-order valence-electron chi connectivity index (χ1n) is 9.75. The molecule has 12 heteroatoms. The number of hydrogen-bond donors (Lipinski definition) is 2. The molecule has 0 aromatic carbocycles. The highest BCUT2D eigenvalue weighted by Crippen LogP contribution is 2.44. The third-order valence-electron chi connectivity index (χ3n) is 4.89. The van der Waals surface area contributed by atoms with Crippen molar-refractivity contribution >= 4 is 66.3 Å². The number of aromatic nitrogens is 3. The van der Waals surface area contributed by atoms with Crippen molar-refractivity contribution in [1.29, 1.82) is 0 Å². The van der Waals surface area contributed by atoms with Crippen LogP contribution < -0.4 is 11.1 Å². The number of alkyl halides is 2. The Labute approximate surface area is 203 Å².